The van der Waals surface area contributed by atoms with E-state index in [0.717, 1.165) is 5.92 Å². The van der Waals surface area contributed by atoms with Crippen LogP contribution >= 0.6 is 11.3 Å². The van der Waals surface area contributed by atoms with Gasteiger partial charge in [0.2, 0.25) is 0 Å². The van der Waals surface area contributed by atoms with Crippen LogP contribution < -0.4 is 5.32 Å². The summed E-state index contributed by atoms with van der Waals surface area (Å²) in [6, 6.07) is 1.10. The van der Waals surface area contributed by atoms with Gasteiger partial charge < -0.3 is 5.32 Å². The van der Waals surface area contributed by atoms with Gasteiger partial charge in [-0.05, 0) is 39.0 Å². The zero-order valence-electron chi connectivity index (χ0n) is 12.6. The fraction of sp³-hybridized carbons (Fsp3) is 0.812. The molecule has 0 amide bonds. The molecule has 0 saturated heterocycles. The molecule has 3 unspecified atom stereocenters. The van der Waals surface area contributed by atoms with Crippen molar-refractivity contribution < 1.29 is 0 Å². The van der Waals surface area contributed by atoms with Gasteiger partial charge in [-0.3, -0.25) is 0 Å². The van der Waals surface area contributed by atoms with Crippen LogP contribution in [0.1, 0.15) is 74.7 Å². The standard InChI is InChI=1S/C16H28N2S/c1-4-6-14-7-5-8-15(10-9-14)18-13(3)16-17-11-12(2)19-16/h11,13-15,18H,4-10H2,1-3H3. The predicted octanol–water partition coefficient (Wildman–Crippen LogP) is 4.85. The van der Waals surface area contributed by atoms with Crippen LogP contribution in [0, 0.1) is 12.8 Å². The van der Waals surface area contributed by atoms with Gasteiger partial charge in [-0.15, -0.1) is 11.3 Å². The Kier molecular flexibility index (Phi) is 5.83. The second-order valence-corrected chi connectivity index (χ2v) is 7.32. The first-order valence-corrected chi connectivity index (χ1v) is 8.69. The summed E-state index contributed by atoms with van der Waals surface area (Å²) in [5, 5.41) is 5.04. The van der Waals surface area contributed by atoms with Crippen LogP contribution in [-0.4, -0.2) is 11.0 Å². The Morgan fingerprint density at radius 3 is 2.89 bits per heavy atom. The number of hydrogen-bond acceptors (Lipinski definition) is 3. The fourth-order valence-corrected chi connectivity index (χ4v) is 4.02. The average Bonchev–Trinajstić information content (AvgIpc) is 2.70. The highest BCUT2D eigenvalue weighted by Gasteiger charge is 2.20. The highest BCUT2D eigenvalue weighted by atomic mass is 32.1. The van der Waals surface area contributed by atoms with E-state index in [1.54, 1.807) is 0 Å². The average molecular weight is 280 g/mol. The van der Waals surface area contributed by atoms with Crippen molar-refractivity contribution >= 4 is 11.3 Å². The second-order valence-electron chi connectivity index (χ2n) is 6.06. The summed E-state index contributed by atoms with van der Waals surface area (Å²) in [5.74, 6) is 0.981. The van der Waals surface area contributed by atoms with E-state index in [0.29, 0.717) is 12.1 Å². The zero-order valence-corrected chi connectivity index (χ0v) is 13.4. The monoisotopic (exact) mass is 280 g/mol. The minimum absolute atomic E-state index is 0.409. The van der Waals surface area contributed by atoms with E-state index >= 15 is 0 Å². The smallest absolute Gasteiger partial charge is 0.109 e. The van der Waals surface area contributed by atoms with Gasteiger partial charge in [-0.1, -0.05) is 32.6 Å². The molecule has 2 rings (SSSR count). The first kappa shape index (κ1) is 15.0. The minimum Gasteiger partial charge on any atom is -0.305 e. The quantitative estimate of drug-likeness (QED) is 0.780. The maximum atomic E-state index is 4.51. The van der Waals surface area contributed by atoms with Crippen molar-refractivity contribution in [3.8, 4) is 0 Å². The van der Waals surface area contributed by atoms with Crippen molar-refractivity contribution in [2.24, 2.45) is 5.92 Å². The van der Waals surface area contributed by atoms with Crippen molar-refractivity contribution in [2.45, 2.75) is 77.8 Å². The Morgan fingerprint density at radius 1 is 1.37 bits per heavy atom. The molecule has 0 aromatic carbocycles. The van der Waals surface area contributed by atoms with E-state index in [1.165, 1.54) is 54.8 Å². The van der Waals surface area contributed by atoms with Crippen LogP contribution in [0.5, 0.6) is 0 Å². The van der Waals surface area contributed by atoms with Crippen molar-refractivity contribution in [1.29, 1.82) is 0 Å². The Labute approximate surface area is 122 Å². The molecule has 0 spiro atoms. The van der Waals surface area contributed by atoms with Gasteiger partial charge in [-0.2, -0.15) is 0 Å². The third kappa shape index (κ3) is 4.57. The van der Waals surface area contributed by atoms with E-state index < -0.39 is 0 Å². The van der Waals surface area contributed by atoms with Gasteiger partial charge in [-0.25, -0.2) is 4.98 Å². The summed E-state index contributed by atoms with van der Waals surface area (Å²) in [6.07, 6.45) is 11.7. The molecule has 0 aliphatic heterocycles. The van der Waals surface area contributed by atoms with Gasteiger partial charge >= 0.3 is 0 Å². The molecule has 2 nitrogen and oxygen atoms in total. The van der Waals surface area contributed by atoms with Gasteiger partial charge in [0.05, 0.1) is 6.04 Å². The first-order chi connectivity index (χ1) is 9.19. The first-order valence-electron chi connectivity index (χ1n) is 7.87. The lowest BCUT2D eigenvalue weighted by Crippen LogP contribution is -2.31. The summed E-state index contributed by atoms with van der Waals surface area (Å²) < 4.78 is 0. The Bertz CT molecular complexity index is 375. The van der Waals surface area contributed by atoms with Crippen molar-refractivity contribution in [3.05, 3.63) is 16.1 Å². The van der Waals surface area contributed by atoms with Crippen molar-refractivity contribution in [3.63, 3.8) is 0 Å². The molecule has 19 heavy (non-hydrogen) atoms. The lowest BCUT2D eigenvalue weighted by molar-refractivity contribution is 0.392. The summed E-state index contributed by atoms with van der Waals surface area (Å²) in [6.45, 7) is 6.70. The summed E-state index contributed by atoms with van der Waals surface area (Å²) in [5.41, 5.74) is 0. The molecule has 108 valence electrons. The predicted molar refractivity (Wildman–Crippen MR) is 83.7 cm³/mol. The maximum Gasteiger partial charge on any atom is 0.109 e. The highest BCUT2D eigenvalue weighted by Crippen LogP contribution is 2.28. The lowest BCUT2D eigenvalue weighted by Gasteiger charge is -2.21. The lowest BCUT2D eigenvalue weighted by atomic mass is 9.95. The highest BCUT2D eigenvalue weighted by molar-refractivity contribution is 7.11. The van der Waals surface area contributed by atoms with Crippen LogP contribution in [-0.2, 0) is 0 Å². The third-order valence-electron chi connectivity index (χ3n) is 4.28. The van der Waals surface area contributed by atoms with Crippen LogP contribution in [0.3, 0.4) is 0 Å². The van der Waals surface area contributed by atoms with Gasteiger partial charge in [0.1, 0.15) is 5.01 Å². The van der Waals surface area contributed by atoms with E-state index in [9.17, 15) is 0 Å². The molecule has 3 atom stereocenters. The number of aryl methyl sites for hydroxylation is 1. The van der Waals surface area contributed by atoms with E-state index in [1.807, 2.05) is 17.5 Å². The molecule has 1 fully saturated rings. The second kappa shape index (κ2) is 7.39. The largest absolute Gasteiger partial charge is 0.305 e. The summed E-state index contributed by atoms with van der Waals surface area (Å²) >= 11 is 1.82. The Hall–Kier alpha value is -0.410. The number of nitrogens with one attached hydrogen (secondary N) is 1. The number of hydrogen-bond donors (Lipinski definition) is 1. The molecule has 1 aliphatic carbocycles. The topological polar surface area (TPSA) is 24.9 Å². The van der Waals surface area contributed by atoms with Crippen LogP contribution in [0.25, 0.3) is 0 Å². The molecule has 3 heteroatoms. The molecule has 0 bridgehead atoms. The molecule has 1 aliphatic rings. The third-order valence-corrected chi connectivity index (χ3v) is 5.38. The molecule has 1 saturated carbocycles. The summed E-state index contributed by atoms with van der Waals surface area (Å²) in [4.78, 5) is 5.82. The van der Waals surface area contributed by atoms with Crippen LogP contribution in [0.4, 0.5) is 0 Å². The molecular weight excluding hydrogens is 252 g/mol. The van der Waals surface area contributed by atoms with Gasteiger partial charge in [0.15, 0.2) is 0 Å². The SMILES string of the molecule is CCCC1CCCC(NC(C)c2ncc(C)s2)CC1. The normalized spacial score (nSPS) is 26.1. The Morgan fingerprint density at radius 2 is 2.21 bits per heavy atom. The molecule has 1 heterocycles. The Balaban J connectivity index is 1.82. The molecule has 0 radical (unpaired) electrons. The van der Waals surface area contributed by atoms with E-state index in [4.69, 9.17) is 0 Å². The number of nitrogens with zero attached hydrogens (tertiary/aromatic N) is 1. The number of thiazole rings is 1. The van der Waals surface area contributed by atoms with Gasteiger partial charge in [0, 0.05) is 17.1 Å². The number of aromatic nitrogens is 1. The maximum absolute atomic E-state index is 4.51. The van der Waals surface area contributed by atoms with E-state index in [-0.39, 0.29) is 0 Å². The molecular formula is C16H28N2S. The van der Waals surface area contributed by atoms with Gasteiger partial charge in [0.25, 0.3) is 0 Å². The van der Waals surface area contributed by atoms with E-state index in [2.05, 4.69) is 31.1 Å². The minimum atomic E-state index is 0.409. The zero-order chi connectivity index (χ0) is 13.7. The van der Waals surface area contributed by atoms with Crippen LogP contribution in [0.15, 0.2) is 6.20 Å². The molecule has 1 aromatic rings. The number of rotatable bonds is 5. The molecule has 1 aromatic heterocycles. The molecule has 1 N–H and O–H groups in total. The van der Waals surface area contributed by atoms with Crippen molar-refractivity contribution in [1.82, 2.24) is 10.3 Å². The fourth-order valence-electron chi connectivity index (χ4n) is 3.24. The van der Waals surface area contributed by atoms with Crippen molar-refractivity contribution in [2.75, 3.05) is 0 Å². The summed E-state index contributed by atoms with van der Waals surface area (Å²) in [7, 11) is 0. The van der Waals surface area contributed by atoms with Crippen LogP contribution in [0.2, 0.25) is 0 Å².